The Hall–Kier alpha value is -2.20. The van der Waals surface area contributed by atoms with Crippen LogP contribution >= 0.6 is 11.6 Å². The molecule has 0 spiro atoms. The molecule has 0 aliphatic rings. The third kappa shape index (κ3) is 5.18. The zero-order valence-electron chi connectivity index (χ0n) is 13.3. The number of amides is 1. The van der Waals surface area contributed by atoms with Gasteiger partial charge < -0.3 is 14.8 Å². The second-order valence-electron chi connectivity index (χ2n) is 5.08. The van der Waals surface area contributed by atoms with Crippen molar-refractivity contribution >= 4 is 17.5 Å². The third-order valence-electron chi connectivity index (χ3n) is 3.49. The lowest BCUT2D eigenvalue weighted by Gasteiger charge is -2.11. The highest BCUT2D eigenvalue weighted by molar-refractivity contribution is 6.30. The summed E-state index contributed by atoms with van der Waals surface area (Å²) in [4.78, 5) is 11.9. The smallest absolute Gasteiger partial charge is 0.224 e. The minimum atomic E-state index is -0.0141. The molecule has 5 heteroatoms. The summed E-state index contributed by atoms with van der Waals surface area (Å²) < 4.78 is 10.5. The van der Waals surface area contributed by atoms with Crippen LogP contribution in [0.5, 0.6) is 11.5 Å². The van der Waals surface area contributed by atoms with Gasteiger partial charge in [0.05, 0.1) is 20.6 Å². The predicted molar refractivity (Wildman–Crippen MR) is 91.4 cm³/mol. The van der Waals surface area contributed by atoms with Crippen LogP contribution in [0.4, 0.5) is 0 Å². The van der Waals surface area contributed by atoms with Gasteiger partial charge in [0.15, 0.2) is 0 Å². The van der Waals surface area contributed by atoms with Gasteiger partial charge in [0.2, 0.25) is 5.91 Å². The minimum absolute atomic E-state index is 0.0141. The Kier molecular flexibility index (Phi) is 6.29. The molecule has 2 rings (SSSR count). The van der Waals surface area contributed by atoms with E-state index in [2.05, 4.69) is 5.32 Å². The molecule has 0 atom stereocenters. The second-order valence-corrected chi connectivity index (χ2v) is 5.52. The normalized spacial score (nSPS) is 10.2. The Morgan fingerprint density at radius 2 is 1.83 bits per heavy atom. The van der Waals surface area contributed by atoms with E-state index < -0.39 is 0 Å². The Bertz CT molecular complexity index is 656. The molecule has 0 aromatic heterocycles. The largest absolute Gasteiger partial charge is 0.497 e. The highest BCUT2D eigenvalue weighted by Crippen LogP contribution is 2.24. The number of rotatable bonds is 7. The summed E-state index contributed by atoms with van der Waals surface area (Å²) in [7, 11) is 3.24. The lowest BCUT2D eigenvalue weighted by atomic mass is 10.1. The molecule has 0 fully saturated rings. The number of ether oxygens (including phenoxy) is 2. The lowest BCUT2D eigenvalue weighted by Crippen LogP contribution is -2.27. The summed E-state index contributed by atoms with van der Waals surface area (Å²) in [6.45, 7) is 0.551. The van der Waals surface area contributed by atoms with Gasteiger partial charge in [-0.2, -0.15) is 0 Å². The molecule has 0 saturated carbocycles. The molecular weight excluding hydrogens is 314 g/mol. The molecule has 2 aromatic rings. The first-order valence-corrected chi connectivity index (χ1v) is 7.72. The van der Waals surface area contributed by atoms with Gasteiger partial charge in [-0.3, -0.25) is 4.79 Å². The summed E-state index contributed by atoms with van der Waals surface area (Å²) in [5.41, 5.74) is 1.97. The first kappa shape index (κ1) is 17.2. The molecule has 0 aliphatic carbocycles. The van der Waals surface area contributed by atoms with Crippen LogP contribution in [-0.2, 0) is 17.6 Å². The van der Waals surface area contributed by atoms with Crippen molar-refractivity contribution in [2.45, 2.75) is 12.8 Å². The zero-order chi connectivity index (χ0) is 16.7. The molecule has 0 aliphatic heterocycles. The zero-order valence-corrected chi connectivity index (χ0v) is 14.0. The lowest BCUT2D eigenvalue weighted by molar-refractivity contribution is -0.120. The molecule has 1 N–H and O–H groups in total. The van der Waals surface area contributed by atoms with Crippen molar-refractivity contribution in [2.75, 3.05) is 20.8 Å². The first-order valence-electron chi connectivity index (χ1n) is 7.34. The fraction of sp³-hybridized carbons (Fsp3) is 0.278. The number of halogens is 1. The number of hydrogen-bond donors (Lipinski definition) is 1. The van der Waals surface area contributed by atoms with Gasteiger partial charge in [-0.05, 0) is 35.7 Å². The molecule has 4 nitrogen and oxygen atoms in total. The molecule has 1 amide bonds. The van der Waals surface area contributed by atoms with Crippen molar-refractivity contribution < 1.29 is 14.3 Å². The van der Waals surface area contributed by atoms with E-state index in [0.717, 1.165) is 22.6 Å². The topological polar surface area (TPSA) is 47.6 Å². The standard InChI is InChI=1S/C18H20ClNO3/c1-22-16-8-5-14(17(12-16)23-2)9-10-20-18(21)11-13-3-6-15(19)7-4-13/h3-8,12H,9-11H2,1-2H3,(H,20,21). The minimum Gasteiger partial charge on any atom is -0.497 e. The Balaban J connectivity index is 1.84. The maximum Gasteiger partial charge on any atom is 0.224 e. The van der Waals surface area contributed by atoms with E-state index in [9.17, 15) is 4.79 Å². The van der Waals surface area contributed by atoms with Crippen molar-refractivity contribution in [3.8, 4) is 11.5 Å². The van der Waals surface area contributed by atoms with Gasteiger partial charge in [-0.15, -0.1) is 0 Å². The van der Waals surface area contributed by atoms with Crippen LogP contribution in [0, 0.1) is 0 Å². The summed E-state index contributed by atoms with van der Waals surface area (Å²) in [5, 5.41) is 3.58. The van der Waals surface area contributed by atoms with Crippen LogP contribution in [0.1, 0.15) is 11.1 Å². The van der Waals surface area contributed by atoms with Gasteiger partial charge in [0.1, 0.15) is 11.5 Å². The summed E-state index contributed by atoms with van der Waals surface area (Å²) in [6, 6.07) is 12.9. The van der Waals surface area contributed by atoms with E-state index in [1.54, 1.807) is 26.4 Å². The van der Waals surface area contributed by atoms with E-state index >= 15 is 0 Å². The van der Waals surface area contributed by atoms with Crippen LogP contribution in [0.3, 0.4) is 0 Å². The number of nitrogens with one attached hydrogen (secondary N) is 1. The molecule has 0 heterocycles. The van der Waals surface area contributed by atoms with Gasteiger partial charge in [-0.1, -0.05) is 29.8 Å². The Morgan fingerprint density at radius 3 is 2.48 bits per heavy atom. The van der Waals surface area contributed by atoms with Crippen LogP contribution in [-0.4, -0.2) is 26.7 Å². The van der Waals surface area contributed by atoms with Gasteiger partial charge in [-0.25, -0.2) is 0 Å². The fourth-order valence-electron chi connectivity index (χ4n) is 2.25. The van der Waals surface area contributed by atoms with Gasteiger partial charge >= 0.3 is 0 Å². The number of hydrogen-bond acceptors (Lipinski definition) is 3. The highest BCUT2D eigenvalue weighted by Gasteiger charge is 2.07. The maximum absolute atomic E-state index is 11.9. The Morgan fingerprint density at radius 1 is 1.09 bits per heavy atom. The average molecular weight is 334 g/mol. The molecule has 0 bridgehead atoms. The number of carbonyl (C=O) groups excluding carboxylic acids is 1. The monoisotopic (exact) mass is 333 g/mol. The van der Waals surface area contributed by atoms with Gasteiger partial charge in [0, 0.05) is 17.6 Å². The number of carbonyl (C=O) groups is 1. The van der Waals surface area contributed by atoms with E-state index in [0.29, 0.717) is 24.4 Å². The van der Waals surface area contributed by atoms with Crippen LogP contribution < -0.4 is 14.8 Å². The third-order valence-corrected chi connectivity index (χ3v) is 3.74. The second kappa shape index (κ2) is 8.44. The molecule has 23 heavy (non-hydrogen) atoms. The number of methoxy groups -OCH3 is 2. The summed E-state index contributed by atoms with van der Waals surface area (Å²) in [5.74, 6) is 1.49. The predicted octanol–water partition coefficient (Wildman–Crippen LogP) is 3.26. The summed E-state index contributed by atoms with van der Waals surface area (Å²) in [6.07, 6.45) is 1.04. The van der Waals surface area contributed by atoms with Crippen molar-refractivity contribution in [2.24, 2.45) is 0 Å². The van der Waals surface area contributed by atoms with Crippen molar-refractivity contribution in [1.82, 2.24) is 5.32 Å². The van der Waals surface area contributed by atoms with E-state index in [4.69, 9.17) is 21.1 Å². The molecular formula is C18H20ClNO3. The highest BCUT2D eigenvalue weighted by atomic mass is 35.5. The quantitative estimate of drug-likeness (QED) is 0.846. The summed E-state index contributed by atoms with van der Waals surface area (Å²) >= 11 is 5.83. The van der Waals surface area contributed by atoms with E-state index in [1.807, 2.05) is 30.3 Å². The van der Waals surface area contributed by atoms with E-state index in [1.165, 1.54) is 0 Å². The molecule has 0 radical (unpaired) electrons. The Labute approximate surface area is 141 Å². The number of benzene rings is 2. The van der Waals surface area contributed by atoms with E-state index in [-0.39, 0.29) is 5.91 Å². The SMILES string of the molecule is COc1ccc(CCNC(=O)Cc2ccc(Cl)cc2)c(OC)c1. The molecule has 0 saturated heterocycles. The van der Waals surface area contributed by atoms with Crippen molar-refractivity contribution in [3.05, 3.63) is 58.6 Å². The maximum atomic E-state index is 11.9. The molecule has 0 unspecified atom stereocenters. The molecule has 2 aromatic carbocycles. The van der Waals surface area contributed by atoms with Gasteiger partial charge in [0.25, 0.3) is 0 Å². The van der Waals surface area contributed by atoms with Crippen molar-refractivity contribution in [3.63, 3.8) is 0 Å². The average Bonchev–Trinajstić information content (AvgIpc) is 2.57. The van der Waals surface area contributed by atoms with Crippen LogP contribution in [0.2, 0.25) is 5.02 Å². The van der Waals surface area contributed by atoms with Crippen molar-refractivity contribution in [1.29, 1.82) is 0 Å². The van der Waals surface area contributed by atoms with Crippen LogP contribution in [0.25, 0.3) is 0 Å². The van der Waals surface area contributed by atoms with Crippen LogP contribution in [0.15, 0.2) is 42.5 Å². The first-order chi connectivity index (χ1) is 11.1. The molecule has 122 valence electrons. The fourth-order valence-corrected chi connectivity index (χ4v) is 2.37.